The van der Waals surface area contributed by atoms with Gasteiger partial charge in [-0.25, -0.2) is 9.37 Å². The summed E-state index contributed by atoms with van der Waals surface area (Å²) in [6.07, 6.45) is 4.89. The van der Waals surface area contributed by atoms with Gasteiger partial charge >= 0.3 is 0 Å². The first-order chi connectivity index (χ1) is 13.9. The molecule has 0 bridgehead atoms. The van der Waals surface area contributed by atoms with E-state index < -0.39 is 16.5 Å². The number of hydrogen-bond acceptors (Lipinski definition) is 5. The standard InChI is InChI=1S/C23H33FN4O2/c1-21(2,3)23(24,22(4,5)6)17-14-26-19(11-18(17)30-7)27-15-20(29)28-13-16-9-8-10-25-12-16/h8-12,14H,13,15H2,1-7H3,(H,26,27)(H,28,29). The number of nitrogens with zero attached hydrogens (tertiary/aromatic N) is 2. The third-order valence-electron chi connectivity index (χ3n) is 5.17. The molecule has 0 aliphatic rings. The van der Waals surface area contributed by atoms with Crippen LogP contribution in [0.25, 0.3) is 0 Å². The Labute approximate surface area is 178 Å². The molecule has 30 heavy (non-hydrogen) atoms. The maximum absolute atomic E-state index is 16.5. The number of anilines is 1. The van der Waals surface area contributed by atoms with Crippen molar-refractivity contribution in [1.82, 2.24) is 15.3 Å². The van der Waals surface area contributed by atoms with E-state index in [2.05, 4.69) is 20.6 Å². The Morgan fingerprint density at radius 1 is 1.13 bits per heavy atom. The van der Waals surface area contributed by atoms with E-state index in [1.807, 2.05) is 53.7 Å². The lowest BCUT2D eigenvalue weighted by Gasteiger charge is -2.47. The zero-order chi connectivity index (χ0) is 22.6. The quantitative estimate of drug-likeness (QED) is 0.696. The fourth-order valence-electron chi connectivity index (χ4n) is 3.83. The molecule has 7 heteroatoms. The van der Waals surface area contributed by atoms with E-state index in [0.29, 0.717) is 23.7 Å². The Bertz CT molecular complexity index is 844. The molecule has 1 amide bonds. The van der Waals surface area contributed by atoms with Crippen LogP contribution in [0.2, 0.25) is 0 Å². The minimum atomic E-state index is -1.68. The van der Waals surface area contributed by atoms with E-state index in [9.17, 15) is 4.79 Å². The van der Waals surface area contributed by atoms with Gasteiger partial charge in [0.05, 0.1) is 19.2 Å². The molecule has 0 aliphatic heterocycles. The van der Waals surface area contributed by atoms with E-state index in [-0.39, 0.29) is 12.5 Å². The number of ether oxygens (including phenoxy) is 1. The molecule has 0 spiro atoms. The van der Waals surface area contributed by atoms with E-state index in [0.717, 1.165) is 5.56 Å². The summed E-state index contributed by atoms with van der Waals surface area (Å²) < 4.78 is 22.0. The first kappa shape index (κ1) is 23.6. The molecule has 0 unspecified atom stereocenters. The lowest BCUT2D eigenvalue weighted by atomic mass is 9.61. The van der Waals surface area contributed by atoms with E-state index in [1.165, 1.54) is 13.3 Å². The average molecular weight is 417 g/mol. The fourth-order valence-corrected chi connectivity index (χ4v) is 3.83. The van der Waals surface area contributed by atoms with Gasteiger partial charge < -0.3 is 15.4 Å². The highest BCUT2D eigenvalue weighted by atomic mass is 19.1. The Hall–Kier alpha value is -2.70. The van der Waals surface area contributed by atoms with Gasteiger partial charge in [-0.3, -0.25) is 9.78 Å². The van der Waals surface area contributed by atoms with Crippen molar-refractivity contribution >= 4 is 11.7 Å². The lowest BCUT2D eigenvalue weighted by molar-refractivity contribution is -0.119. The van der Waals surface area contributed by atoms with Crippen molar-refractivity contribution in [2.24, 2.45) is 10.8 Å². The van der Waals surface area contributed by atoms with Crippen molar-refractivity contribution in [1.29, 1.82) is 0 Å². The summed E-state index contributed by atoms with van der Waals surface area (Å²) in [4.78, 5) is 20.5. The molecule has 2 rings (SSSR count). The zero-order valence-corrected chi connectivity index (χ0v) is 19.0. The van der Waals surface area contributed by atoms with E-state index in [4.69, 9.17) is 4.74 Å². The Morgan fingerprint density at radius 3 is 2.33 bits per heavy atom. The summed E-state index contributed by atoms with van der Waals surface area (Å²) >= 11 is 0. The summed E-state index contributed by atoms with van der Waals surface area (Å²) in [6, 6.07) is 5.34. The Balaban J connectivity index is 2.14. The SMILES string of the molecule is COc1cc(NCC(=O)NCc2cccnc2)ncc1C(F)(C(C)(C)C)C(C)(C)C. The number of rotatable bonds is 7. The molecule has 0 aliphatic carbocycles. The molecule has 0 saturated carbocycles. The van der Waals surface area contributed by atoms with Crippen LogP contribution in [0.15, 0.2) is 36.8 Å². The van der Waals surface area contributed by atoms with Gasteiger partial charge in [-0.2, -0.15) is 0 Å². The molecule has 2 N–H and O–H groups in total. The van der Waals surface area contributed by atoms with E-state index >= 15 is 4.39 Å². The van der Waals surface area contributed by atoms with Crippen LogP contribution in [0.5, 0.6) is 5.75 Å². The van der Waals surface area contributed by atoms with Crippen LogP contribution in [-0.2, 0) is 17.0 Å². The van der Waals surface area contributed by atoms with Gasteiger partial charge in [0.15, 0.2) is 5.67 Å². The predicted octanol–water partition coefficient (Wildman–Crippen LogP) is 4.47. The maximum atomic E-state index is 16.5. The third-order valence-corrected chi connectivity index (χ3v) is 5.17. The van der Waals surface area contributed by atoms with Crippen LogP contribution in [0.3, 0.4) is 0 Å². The maximum Gasteiger partial charge on any atom is 0.239 e. The minimum absolute atomic E-state index is 0.0368. The van der Waals surface area contributed by atoms with Gasteiger partial charge in [0.1, 0.15) is 11.6 Å². The van der Waals surface area contributed by atoms with Crippen LogP contribution >= 0.6 is 0 Å². The smallest absolute Gasteiger partial charge is 0.239 e. The number of nitrogens with one attached hydrogen (secondary N) is 2. The molecule has 2 heterocycles. The fraction of sp³-hybridized carbons (Fsp3) is 0.522. The average Bonchev–Trinajstić information content (AvgIpc) is 2.69. The van der Waals surface area contributed by atoms with Crippen LogP contribution in [0, 0.1) is 10.8 Å². The van der Waals surface area contributed by atoms with Gasteiger partial charge in [-0.05, 0) is 11.6 Å². The Morgan fingerprint density at radius 2 is 1.80 bits per heavy atom. The van der Waals surface area contributed by atoms with Crippen molar-refractivity contribution in [2.45, 2.75) is 53.8 Å². The number of pyridine rings is 2. The Kier molecular flexibility index (Phi) is 7.06. The molecule has 6 nitrogen and oxygen atoms in total. The number of amides is 1. The van der Waals surface area contributed by atoms with Crippen LogP contribution in [-0.4, -0.2) is 29.5 Å². The second kappa shape index (κ2) is 8.98. The van der Waals surface area contributed by atoms with Crippen LogP contribution < -0.4 is 15.4 Å². The number of carbonyl (C=O) groups excluding carboxylic acids is 1. The molecule has 0 radical (unpaired) electrons. The highest BCUT2D eigenvalue weighted by Gasteiger charge is 2.54. The number of carbonyl (C=O) groups is 1. The molecule has 0 saturated heterocycles. The van der Waals surface area contributed by atoms with Crippen LogP contribution in [0.1, 0.15) is 52.7 Å². The van der Waals surface area contributed by atoms with Gasteiger partial charge in [-0.1, -0.05) is 47.6 Å². The van der Waals surface area contributed by atoms with Gasteiger partial charge in [0, 0.05) is 42.0 Å². The molecule has 0 fully saturated rings. The normalized spacial score (nSPS) is 12.4. The van der Waals surface area contributed by atoms with Crippen molar-refractivity contribution in [3.05, 3.63) is 47.9 Å². The topological polar surface area (TPSA) is 76.1 Å². The number of methoxy groups -OCH3 is 1. The highest BCUT2D eigenvalue weighted by Crippen LogP contribution is 2.56. The first-order valence-corrected chi connectivity index (χ1v) is 10.0. The number of hydrogen-bond donors (Lipinski definition) is 2. The molecule has 2 aromatic rings. The second-order valence-corrected chi connectivity index (χ2v) is 9.42. The third kappa shape index (κ3) is 5.07. The molecular weight excluding hydrogens is 383 g/mol. The number of halogens is 1. The first-order valence-electron chi connectivity index (χ1n) is 10.0. The number of alkyl halides is 1. The van der Waals surface area contributed by atoms with Gasteiger partial charge in [0.2, 0.25) is 5.91 Å². The van der Waals surface area contributed by atoms with Crippen LogP contribution in [0.4, 0.5) is 10.2 Å². The van der Waals surface area contributed by atoms with Crippen molar-refractivity contribution < 1.29 is 13.9 Å². The lowest BCUT2D eigenvalue weighted by Crippen LogP contribution is -2.47. The van der Waals surface area contributed by atoms with Crippen molar-refractivity contribution in [2.75, 3.05) is 19.0 Å². The minimum Gasteiger partial charge on any atom is -0.496 e. The molecule has 0 atom stereocenters. The van der Waals surface area contributed by atoms with Crippen molar-refractivity contribution in [3.8, 4) is 5.75 Å². The van der Waals surface area contributed by atoms with Gasteiger partial charge in [-0.15, -0.1) is 0 Å². The molecular formula is C23H33FN4O2. The summed E-state index contributed by atoms with van der Waals surface area (Å²) in [7, 11) is 1.51. The van der Waals surface area contributed by atoms with E-state index in [1.54, 1.807) is 18.5 Å². The molecule has 2 aromatic heterocycles. The van der Waals surface area contributed by atoms with Gasteiger partial charge in [0.25, 0.3) is 0 Å². The second-order valence-electron chi connectivity index (χ2n) is 9.42. The molecule has 164 valence electrons. The monoisotopic (exact) mass is 416 g/mol. The summed E-state index contributed by atoms with van der Waals surface area (Å²) in [5.41, 5.74) is -1.73. The predicted molar refractivity (Wildman–Crippen MR) is 117 cm³/mol. The highest BCUT2D eigenvalue weighted by molar-refractivity contribution is 5.80. The summed E-state index contributed by atoms with van der Waals surface area (Å²) in [5.74, 6) is 0.654. The zero-order valence-electron chi connectivity index (χ0n) is 19.0. The number of aromatic nitrogens is 2. The largest absolute Gasteiger partial charge is 0.496 e. The van der Waals surface area contributed by atoms with Crippen molar-refractivity contribution in [3.63, 3.8) is 0 Å². The molecule has 0 aromatic carbocycles. The summed E-state index contributed by atoms with van der Waals surface area (Å²) in [5, 5.41) is 5.78. The summed E-state index contributed by atoms with van der Waals surface area (Å²) in [6.45, 7) is 11.7.